The average molecular weight is 610 g/mol. The minimum absolute atomic E-state index is 0.0738. The maximum Gasteiger partial charge on any atom is 0.255 e. The van der Waals surface area contributed by atoms with Crippen LogP contribution in [-0.2, 0) is 9.53 Å². The number of carbonyl (C=O) groups is 2. The molecule has 232 valence electrons. The zero-order valence-corrected chi connectivity index (χ0v) is 25.5. The number of anilines is 3. The van der Waals surface area contributed by atoms with Crippen molar-refractivity contribution in [1.82, 2.24) is 10.3 Å². The van der Waals surface area contributed by atoms with E-state index in [4.69, 9.17) is 4.74 Å². The second kappa shape index (κ2) is 12.9. The van der Waals surface area contributed by atoms with E-state index in [9.17, 15) is 14.0 Å². The number of aryl methyl sites for hydroxylation is 1. The Morgan fingerprint density at radius 2 is 1.80 bits per heavy atom. The topological polar surface area (TPSA) is 111 Å². The number of rotatable bonds is 7. The largest absolute Gasteiger partial charge is 0.378 e. The number of morpholine rings is 1. The third-order valence-corrected chi connectivity index (χ3v) is 8.36. The van der Waals surface area contributed by atoms with E-state index in [2.05, 4.69) is 26.0 Å². The van der Waals surface area contributed by atoms with Gasteiger partial charge in [-0.3, -0.25) is 14.6 Å². The lowest BCUT2D eigenvalue weighted by Crippen LogP contribution is -2.36. The Hall–Kier alpha value is -5.03. The molecule has 3 aromatic carbocycles. The molecule has 1 saturated heterocycles. The van der Waals surface area contributed by atoms with E-state index in [-0.39, 0.29) is 17.5 Å². The number of aliphatic imine (C=N–C) groups is 1. The van der Waals surface area contributed by atoms with E-state index < -0.39 is 17.6 Å². The van der Waals surface area contributed by atoms with E-state index in [0.717, 1.165) is 28.1 Å². The quantitative estimate of drug-likeness (QED) is 0.345. The van der Waals surface area contributed by atoms with Crippen LogP contribution < -0.4 is 20.9 Å². The molecule has 0 spiro atoms. The van der Waals surface area contributed by atoms with Crippen LogP contribution in [0, 0.1) is 18.7 Å². The number of nitrogens with zero attached hydrogens (tertiary/aromatic N) is 4. The van der Waals surface area contributed by atoms with Crippen LogP contribution in [0.1, 0.15) is 41.4 Å². The summed E-state index contributed by atoms with van der Waals surface area (Å²) in [5, 5.41) is 15.6. The first kappa shape index (κ1) is 30.0. The van der Waals surface area contributed by atoms with Crippen LogP contribution in [0.4, 0.5) is 21.5 Å². The van der Waals surface area contributed by atoms with Crippen molar-refractivity contribution in [3.8, 4) is 0 Å². The number of carbonyl (C=O) groups excluding carboxylic acids is 2. The molecule has 2 atom stereocenters. The number of fused-ring (bicyclic) bond motifs is 1. The summed E-state index contributed by atoms with van der Waals surface area (Å²) in [6, 6.07) is 19.6. The summed E-state index contributed by atoms with van der Waals surface area (Å²) in [5.41, 5.74) is 5.70. The smallest absolute Gasteiger partial charge is 0.255 e. The molecule has 1 fully saturated rings. The van der Waals surface area contributed by atoms with Crippen molar-refractivity contribution < 1.29 is 18.7 Å². The van der Waals surface area contributed by atoms with Crippen LogP contribution in [0.15, 0.2) is 88.1 Å². The van der Waals surface area contributed by atoms with Crippen molar-refractivity contribution in [1.29, 1.82) is 0 Å². The minimum Gasteiger partial charge on any atom is -0.378 e. The minimum atomic E-state index is -0.473. The number of ether oxygens (including phenoxy) is 1. The Bertz CT molecular complexity index is 1700. The van der Waals surface area contributed by atoms with Crippen molar-refractivity contribution in [2.24, 2.45) is 16.0 Å². The van der Waals surface area contributed by atoms with Crippen LogP contribution in [0.2, 0.25) is 0 Å². The van der Waals surface area contributed by atoms with Gasteiger partial charge in [0.2, 0.25) is 5.91 Å². The van der Waals surface area contributed by atoms with Gasteiger partial charge >= 0.3 is 0 Å². The monoisotopic (exact) mass is 609 g/mol. The van der Waals surface area contributed by atoms with E-state index >= 15 is 0 Å². The molecule has 0 bridgehead atoms. The number of amides is 2. The Kier molecular flexibility index (Phi) is 8.61. The molecule has 3 N–H and O–H groups in total. The molecule has 45 heavy (non-hydrogen) atoms. The number of benzene rings is 3. The molecule has 6 rings (SSSR count). The van der Waals surface area contributed by atoms with Gasteiger partial charge < -0.3 is 25.6 Å². The second-order valence-corrected chi connectivity index (χ2v) is 11.4. The average Bonchev–Trinajstić information content (AvgIpc) is 3.40. The van der Waals surface area contributed by atoms with Gasteiger partial charge in [-0.05, 0) is 67.8 Å². The summed E-state index contributed by atoms with van der Waals surface area (Å²) >= 11 is 0. The van der Waals surface area contributed by atoms with Crippen LogP contribution in [-0.4, -0.2) is 61.8 Å². The number of hydrogen-bond donors (Lipinski definition) is 3. The fourth-order valence-corrected chi connectivity index (χ4v) is 5.78. The highest BCUT2D eigenvalue weighted by Crippen LogP contribution is 2.33. The van der Waals surface area contributed by atoms with Gasteiger partial charge in [0.15, 0.2) is 5.84 Å². The molecule has 0 saturated carbocycles. The zero-order chi connectivity index (χ0) is 31.5. The van der Waals surface area contributed by atoms with Gasteiger partial charge in [0.1, 0.15) is 17.9 Å². The van der Waals surface area contributed by atoms with Crippen molar-refractivity contribution >= 4 is 41.1 Å². The second-order valence-electron chi connectivity index (χ2n) is 11.4. The lowest BCUT2D eigenvalue weighted by atomic mass is 10.00. The molecule has 0 aliphatic carbocycles. The number of nitrogens with one attached hydrogen (secondary N) is 3. The Balaban J connectivity index is 1.17. The maximum absolute atomic E-state index is 14.5. The number of hydrogen-bond acceptors (Lipinski definition) is 8. The van der Waals surface area contributed by atoms with Gasteiger partial charge in [0.25, 0.3) is 5.91 Å². The lowest BCUT2D eigenvalue weighted by molar-refractivity contribution is -0.124. The predicted molar refractivity (Wildman–Crippen MR) is 174 cm³/mol. The molecule has 3 heterocycles. The van der Waals surface area contributed by atoms with Crippen LogP contribution in [0.3, 0.4) is 0 Å². The van der Waals surface area contributed by atoms with Gasteiger partial charge in [0, 0.05) is 35.7 Å². The third-order valence-electron chi connectivity index (χ3n) is 8.36. The van der Waals surface area contributed by atoms with E-state index in [1.165, 1.54) is 18.5 Å². The predicted octanol–water partition coefficient (Wildman–Crippen LogP) is 5.07. The molecule has 1 unspecified atom stereocenters. The van der Waals surface area contributed by atoms with Gasteiger partial charge in [-0.15, -0.1) is 0 Å². The molecule has 0 aromatic heterocycles. The zero-order valence-electron chi connectivity index (χ0n) is 25.5. The lowest BCUT2D eigenvalue weighted by Gasteiger charge is -2.29. The highest BCUT2D eigenvalue weighted by atomic mass is 19.1. The van der Waals surface area contributed by atoms with Crippen LogP contribution in [0.25, 0.3) is 0 Å². The summed E-state index contributed by atoms with van der Waals surface area (Å²) in [6.45, 7) is 8.64. The fourth-order valence-electron chi connectivity index (χ4n) is 5.78. The number of hydrazone groups is 1. The fraction of sp³-hybridized carbons (Fsp3) is 0.294. The summed E-state index contributed by atoms with van der Waals surface area (Å²) in [4.78, 5) is 33.1. The van der Waals surface area contributed by atoms with Gasteiger partial charge in [0.05, 0.1) is 31.7 Å². The molecule has 3 aliphatic heterocycles. The molecule has 10 nitrogen and oxygen atoms in total. The van der Waals surface area contributed by atoms with Crippen LogP contribution >= 0.6 is 0 Å². The summed E-state index contributed by atoms with van der Waals surface area (Å²) in [7, 11) is 0. The summed E-state index contributed by atoms with van der Waals surface area (Å²) in [5.74, 6) is -0.802. The molecule has 2 amide bonds. The highest BCUT2D eigenvalue weighted by Gasteiger charge is 2.37. The Morgan fingerprint density at radius 3 is 2.58 bits per heavy atom. The SMILES string of the molecule is CC1=C2C(Nc3cc(NC(=O)c4cc(F)cc(N5CCOCC5)c4)ccc3C)=NC=NN2CC1C(=O)N[C@@H](C)c1ccccc1. The molecule has 3 aliphatic rings. The highest BCUT2D eigenvalue weighted by molar-refractivity contribution is 6.13. The molecular formula is C34H36FN7O3. The molecule has 11 heteroatoms. The molecule has 0 radical (unpaired) electrons. The third kappa shape index (κ3) is 6.58. The summed E-state index contributed by atoms with van der Waals surface area (Å²) < 4.78 is 19.9. The van der Waals surface area contributed by atoms with Gasteiger partial charge in [-0.2, -0.15) is 5.10 Å². The van der Waals surface area contributed by atoms with Gasteiger partial charge in [-0.25, -0.2) is 9.38 Å². The molecular weight excluding hydrogens is 573 g/mol. The Morgan fingerprint density at radius 1 is 1.02 bits per heavy atom. The van der Waals surface area contributed by atoms with Gasteiger partial charge in [-0.1, -0.05) is 36.4 Å². The van der Waals surface area contributed by atoms with Crippen LogP contribution in [0.5, 0.6) is 0 Å². The Labute approximate surface area is 261 Å². The summed E-state index contributed by atoms with van der Waals surface area (Å²) in [6.07, 6.45) is 1.46. The number of halogens is 1. The normalized spacial score (nSPS) is 18.3. The standard InChI is InChI=1S/C34H36FN7O3/c1-21-9-10-27(39-33(43)25-15-26(35)17-28(16-25)41-11-13-45-14-12-41)18-30(21)40-32-31-22(2)29(19-42(31)37-20-36-32)34(44)38-23(3)24-7-5-4-6-8-24/h4-10,15-18,20,23,29H,11-14,19H2,1-3H3,(H,38,44)(H,39,43)(H,36,37,40)/t23-,29?/m0/s1. The van der Waals surface area contributed by atoms with Crippen molar-refractivity contribution in [3.63, 3.8) is 0 Å². The van der Waals surface area contributed by atoms with Crippen molar-refractivity contribution in [2.75, 3.05) is 48.4 Å². The van der Waals surface area contributed by atoms with Crippen molar-refractivity contribution in [2.45, 2.75) is 26.8 Å². The van der Waals surface area contributed by atoms with Crippen molar-refractivity contribution in [3.05, 3.63) is 101 Å². The van der Waals surface area contributed by atoms with E-state index in [1.807, 2.05) is 68.1 Å². The molecule has 3 aromatic rings. The van der Waals surface area contributed by atoms with E-state index in [0.29, 0.717) is 50.1 Å². The first-order valence-corrected chi connectivity index (χ1v) is 15.0. The number of amidine groups is 1. The first-order chi connectivity index (χ1) is 21.8. The maximum atomic E-state index is 14.5. The first-order valence-electron chi connectivity index (χ1n) is 15.0. The van der Waals surface area contributed by atoms with E-state index in [1.54, 1.807) is 17.1 Å².